The normalized spacial score (nSPS) is 11.1. The molecule has 17 heavy (non-hydrogen) atoms. The SMILES string of the molecule is NCc1cc(=O)n2nc(-c3ccco3)sc2n1. The second-order valence-electron chi connectivity index (χ2n) is 3.37. The Morgan fingerprint density at radius 2 is 2.41 bits per heavy atom. The second kappa shape index (κ2) is 3.79. The van der Waals surface area contributed by atoms with E-state index in [1.807, 2.05) is 0 Å². The van der Waals surface area contributed by atoms with E-state index in [2.05, 4.69) is 10.1 Å². The van der Waals surface area contributed by atoms with Crippen molar-refractivity contribution in [2.75, 3.05) is 0 Å². The van der Waals surface area contributed by atoms with Crippen LogP contribution in [0.2, 0.25) is 0 Å². The van der Waals surface area contributed by atoms with Crippen LogP contribution in [0, 0.1) is 0 Å². The highest BCUT2D eigenvalue weighted by Gasteiger charge is 2.11. The molecular weight excluding hydrogens is 240 g/mol. The Labute approximate surface area is 99.3 Å². The van der Waals surface area contributed by atoms with E-state index < -0.39 is 0 Å². The fraction of sp³-hybridized carbons (Fsp3) is 0.100. The van der Waals surface area contributed by atoms with Gasteiger partial charge in [0.25, 0.3) is 5.56 Å². The molecule has 3 aromatic heterocycles. The molecule has 0 aliphatic rings. The average Bonchev–Trinajstić information content (AvgIpc) is 2.96. The molecule has 0 saturated carbocycles. The van der Waals surface area contributed by atoms with E-state index in [0.29, 0.717) is 21.4 Å². The minimum atomic E-state index is -0.232. The summed E-state index contributed by atoms with van der Waals surface area (Å²) in [4.78, 5) is 16.5. The smallest absolute Gasteiger partial charge is 0.275 e. The van der Waals surface area contributed by atoms with Crippen molar-refractivity contribution in [2.45, 2.75) is 6.54 Å². The summed E-state index contributed by atoms with van der Waals surface area (Å²) >= 11 is 1.29. The number of fused-ring (bicyclic) bond motifs is 1. The standard InChI is InChI=1S/C10H8N4O2S/c11-5-6-4-8(15)14-10(12-6)17-9(13-14)7-2-1-3-16-7/h1-4H,5,11H2. The molecule has 0 amide bonds. The van der Waals surface area contributed by atoms with Crippen LogP contribution in [0.15, 0.2) is 33.7 Å². The van der Waals surface area contributed by atoms with Crippen LogP contribution in [0.3, 0.4) is 0 Å². The van der Waals surface area contributed by atoms with Gasteiger partial charge in [0, 0.05) is 12.6 Å². The fourth-order valence-electron chi connectivity index (χ4n) is 1.46. The number of furan rings is 1. The highest BCUT2D eigenvalue weighted by Crippen LogP contribution is 2.24. The van der Waals surface area contributed by atoms with Crippen molar-refractivity contribution in [2.24, 2.45) is 5.73 Å². The summed E-state index contributed by atoms with van der Waals surface area (Å²) in [7, 11) is 0. The second-order valence-corrected chi connectivity index (χ2v) is 4.32. The third-order valence-electron chi connectivity index (χ3n) is 2.24. The van der Waals surface area contributed by atoms with Crippen molar-refractivity contribution in [3.8, 4) is 10.8 Å². The van der Waals surface area contributed by atoms with Crippen molar-refractivity contribution in [1.29, 1.82) is 0 Å². The Balaban J connectivity index is 2.26. The Hall–Kier alpha value is -1.99. The van der Waals surface area contributed by atoms with Gasteiger partial charge in [-0.05, 0) is 12.1 Å². The van der Waals surface area contributed by atoms with E-state index in [0.717, 1.165) is 0 Å². The van der Waals surface area contributed by atoms with Gasteiger partial charge in [-0.1, -0.05) is 11.3 Å². The van der Waals surface area contributed by atoms with Crippen LogP contribution in [0.5, 0.6) is 0 Å². The number of hydrogen-bond donors (Lipinski definition) is 1. The van der Waals surface area contributed by atoms with E-state index >= 15 is 0 Å². The number of aromatic nitrogens is 3. The van der Waals surface area contributed by atoms with E-state index in [9.17, 15) is 4.79 Å². The average molecular weight is 248 g/mol. The predicted octanol–water partition coefficient (Wildman–Crippen LogP) is 0.870. The lowest BCUT2D eigenvalue weighted by Crippen LogP contribution is -2.16. The number of nitrogens with zero attached hydrogens (tertiary/aromatic N) is 3. The van der Waals surface area contributed by atoms with Gasteiger partial charge in [0.1, 0.15) is 0 Å². The van der Waals surface area contributed by atoms with Gasteiger partial charge in [-0.15, -0.1) is 5.10 Å². The van der Waals surface area contributed by atoms with Gasteiger partial charge in [-0.3, -0.25) is 4.79 Å². The molecule has 0 unspecified atom stereocenters. The van der Waals surface area contributed by atoms with Crippen molar-refractivity contribution in [3.05, 3.63) is 40.5 Å². The van der Waals surface area contributed by atoms with Crippen molar-refractivity contribution in [3.63, 3.8) is 0 Å². The van der Waals surface area contributed by atoms with E-state index in [4.69, 9.17) is 10.2 Å². The zero-order chi connectivity index (χ0) is 11.8. The summed E-state index contributed by atoms with van der Waals surface area (Å²) < 4.78 is 6.48. The van der Waals surface area contributed by atoms with Crippen molar-refractivity contribution < 1.29 is 4.42 Å². The van der Waals surface area contributed by atoms with E-state index in [1.54, 1.807) is 18.4 Å². The minimum Gasteiger partial charge on any atom is -0.462 e. The Bertz CT molecular complexity index is 714. The Morgan fingerprint density at radius 3 is 3.12 bits per heavy atom. The lowest BCUT2D eigenvalue weighted by Gasteiger charge is -1.93. The van der Waals surface area contributed by atoms with Gasteiger partial charge in [-0.2, -0.15) is 4.52 Å². The van der Waals surface area contributed by atoms with Crippen LogP contribution in [0.25, 0.3) is 15.7 Å². The largest absolute Gasteiger partial charge is 0.462 e. The maximum Gasteiger partial charge on any atom is 0.275 e. The number of nitrogens with two attached hydrogens (primary N) is 1. The zero-order valence-electron chi connectivity index (χ0n) is 8.66. The van der Waals surface area contributed by atoms with Crippen LogP contribution >= 0.6 is 11.3 Å². The maximum atomic E-state index is 11.7. The molecule has 0 aromatic carbocycles. The third kappa shape index (κ3) is 1.65. The van der Waals surface area contributed by atoms with Gasteiger partial charge in [0.05, 0.1) is 12.0 Å². The summed E-state index contributed by atoms with van der Waals surface area (Å²) in [5.41, 5.74) is 5.79. The highest BCUT2D eigenvalue weighted by molar-refractivity contribution is 7.19. The van der Waals surface area contributed by atoms with Gasteiger partial charge in [0.2, 0.25) is 4.96 Å². The fourth-order valence-corrected chi connectivity index (χ4v) is 2.35. The maximum absolute atomic E-state index is 11.7. The Kier molecular flexibility index (Phi) is 2.27. The Morgan fingerprint density at radius 1 is 1.53 bits per heavy atom. The zero-order valence-corrected chi connectivity index (χ0v) is 9.48. The molecule has 86 valence electrons. The first-order valence-electron chi connectivity index (χ1n) is 4.91. The lowest BCUT2D eigenvalue weighted by atomic mass is 10.4. The monoisotopic (exact) mass is 248 g/mol. The molecule has 3 heterocycles. The minimum absolute atomic E-state index is 0.232. The number of hydrogen-bond acceptors (Lipinski definition) is 6. The molecule has 0 bridgehead atoms. The molecule has 3 aromatic rings. The first-order valence-corrected chi connectivity index (χ1v) is 5.73. The molecule has 0 radical (unpaired) electrons. The molecule has 2 N–H and O–H groups in total. The first kappa shape index (κ1) is 10.2. The van der Waals surface area contributed by atoms with Crippen LogP contribution in [-0.2, 0) is 6.54 Å². The molecule has 0 aliphatic carbocycles. The number of rotatable bonds is 2. The topological polar surface area (TPSA) is 86.4 Å². The summed E-state index contributed by atoms with van der Waals surface area (Å²) in [5.74, 6) is 0.620. The highest BCUT2D eigenvalue weighted by atomic mass is 32.1. The molecule has 0 saturated heterocycles. The molecule has 7 heteroatoms. The summed E-state index contributed by atoms with van der Waals surface area (Å²) in [6, 6.07) is 4.94. The van der Waals surface area contributed by atoms with Crippen LogP contribution in [-0.4, -0.2) is 14.6 Å². The van der Waals surface area contributed by atoms with Gasteiger partial charge in [-0.25, -0.2) is 4.98 Å². The van der Waals surface area contributed by atoms with E-state index in [-0.39, 0.29) is 12.1 Å². The molecule has 0 aliphatic heterocycles. The lowest BCUT2D eigenvalue weighted by molar-refractivity contribution is 0.580. The van der Waals surface area contributed by atoms with Gasteiger partial charge < -0.3 is 10.2 Å². The first-order chi connectivity index (χ1) is 8.28. The van der Waals surface area contributed by atoms with Gasteiger partial charge >= 0.3 is 0 Å². The van der Waals surface area contributed by atoms with Crippen molar-refractivity contribution >= 4 is 16.3 Å². The van der Waals surface area contributed by atoms with Crippen LogP contribution in [0.1, 0.15) is 5.69 Å². The quantitative estimate of drug-likeness (QED) is 0.727. The summed E-state index contributed by atoms with van der Waals surface area (Å²) in [5, 5.41) is 4.77. The molecule has 6 nitrogen and oxygen atoms in total. The van der Waals surface area contributed by atoms with Crippen LogP contribution < -0.4 is 11.3 Å². The van der Waals surface area contributed by atoms with E-state index in [1.165, 1.54) is 21.9 Å². The molecule has 0 spiro atoms. The molecule has 0 fully saturated rings. The predicted molar refractivity (Wildman–Crippen MR) is 62.7 cm³/mol. The molecule has 0 atom stereocenters. The molecular formula is C10H8N4O2S. The van der Waals surface area contributed by atoms with Crippen LogP contribution in [0.4, 0.5) is 0 Å². The molecule has 3 rings (SSSR count). The third-order valence-corrected chi connectivity index (χ3v) is 3.16. The van der Waals surface area contributed by atoms with Crippen molar-refractivity contribution in [1.82, 2.24) is 14.6 Å². The van der Waals surface area contributed by atoms with Gasteiger partial charge in [0.15, 0.2) is 10.8 Å². The summed E-state index contributed by atoms with van der Waals surface area (Å²) in [6.45, 7) is 0.236. The summed E-state index contributed by atoms with van der Waals surface area (Å²) in [6.07, 6.45) is 1.56.